The average Bonchev–Trinajstić information content (AvgIpc) is 2.45. The third-order valence-corrected chi connectivity index (χ3v) is 4.59. The lowest BCUT2D eigenvalue weighted by molar-refractivity contribution is -0.127. The fourth-order valence-electron chi connectivity index (χ4n) is 2.18. The van der Waals surface area contributed by atoms with Crippen LogP contribution in [-0.4, -0.2) is 34.4 Å². The second kappa shape index (κ2) is 6.49. The number of hydrogen-bond donors (Lipinski definition) is 0. The van der Waals surface area contributed by atoms with Gasteiger partial charge in [-0.1, -0.05) is 57.2 Å². The Balaban J connectivity index is 1.90. The first-order valence-corrected chi connectivity index (χ1v) is 8.10. The summed E-state index contributed by atoms with van der Waals surface area (Å²) >= 11 is 1.72. The van der Waals surface area contributed by atoms with Crippen molar-refractivity contribution in [3.8, 4) is 0 Å². The van der Waals surface area contributed by atoms with E-state index in [-0.39, 0.29) is 10.7 Å². The molecule has 0 saturated carbocycles. The Morgan fingerprint density at radius 1 is 1.25 bits per heavy atom. The van der Waals surface area contributed by atoms with Crippen molar-refractivity contribution in [2.75, 3.05) is 18.8 Å². The Bertz CT molecular complexity index is 487. The van der Waals surface area contributed by atoms with E-state index in [1.807, 2.05) is 11.0 Å². The van der Waals surface area contributed by atoms with Crippen LogP contribution < -0.4 is 0 Å². The van der Waals surface area contributed by atoms with E-state index < -0.39 is 0 Å². The highest BCUT2D eigenvalue weighted by atomic mass is 32.2. The molecule has 1 heterocycles. The van der Waals surface area contributed by atoms with Crippen molar-refractivity contribution in [2.45, 2.75) is 31.9 Å². The van der Waals surface area contributed by atoms with E-state index in [9.17, 15) is 4.79 Å². The van der Waals surface area contributed by atoms with E-state index in [0.717, 1.165) is 19.5 Å². The smallest absolute Gasteiger partial charge is 0.232 e. The van der Waals surface area contributed by atoms with Gasteiger partial charge in [-0.2, -0.15) is 0 Å². The van der Waals surface area contributed by atoms with E-state index in [2.05, 4.69) is 51.1 Å². The van der Waals surface area contributed by atoms with Crippen LogP contribution in [0.1, 0.15) is 32.8 Å². The lowest BCUT2D eigenvalue weighted by Gasteiger charge is -2.28. The zero-order valence-electron chi connectivity index (χ0n) is 12.6. The van der Waals surface area contributed by atoms with Crippen molar-refractivity contribution < 1.29 is 4.79 Å². The van der Waals surface area contributed by atoms with Crippen LogP contribution in [0.25, 0.3) is 5.57 Å². The highest BCUT2D eigenvalue weighted by molar-refractivity contribution is 8.01. The van der Waals surface area contributed by atoms with Crippen LogP contribution in [0.5, 0.6) is 0 Å². The van der Waals surface area contributed by atoms with E-state index in [0.29, 0.717) is 5.75 Å². The van der Waals surface area contributed by atoms with Gasteiger partial charge in [0.1, 0.15) is 0 Å². The molecule has 0 spiro atoms. The number of rotatable bonds is 3. The van der Waals surface area contributed by atoms with Crippen LogP contribution in [0.2, 0.25) is 0 Å². The summed E-state index contributed by atoms with van der Waals surface area (Å²) < 4.78 is 0.149. The second-order valence-corrected chi connectivity index (χ2v) is 7.89. The van der Waals surface area contributed by atoms with Gasteiger partial charge in [0.2, 0.25) is 5.91 Å². The standard InChI is InChI=1S/C17H23NOS/c1-17(2,3)20-13-16(19)18-11-9-15(10-12-18)14-7-5-4-6-8-14/h4-9H,10-13H2,1-3H3. The molecule has 1 aromatic rings. The summed E-state index contributed by atoms with van der Waals surface area (Å²) in [5.41, 5.74) is 2.64. The molecule has 0 radical (unpaired) electrons. The molecule has 0 fully saturated rings. The molecular weight excluding hydrogens is 266 g/mol. The second-order valence-electron chi connectivity index (χ2n) is 6.09. The first-order chi connectivity index (χ1) is 9.46. The summed E-state index contributed by atoms with van der Waals surface area (Å²) in [7, 11) is 0. The van der Waals surface area contributed by atoms with Crippen LogP contribution in [0, 0.1) is 0 Å². The molecule has 0 aliphatic carbocycles. The Morgan fingerprint density at radius 2 is 1.95 bits per heavy atom. The Labute approximate surface area is 126 Å². The minimum Gasteiger partial charge on any atom is -0.338 e. The largest absolute Gasteiger partial charge is 0.338 e. The Kier molecular flexibility index (Phi) is 4.92. The zero-order valence-corrected chi connectivity index (χ0v) is 13.4. The maximum Gasteiger partial charge on any atom is 0.232 e. The molecular formula is C17H23NOS. The van der Waals surface area contributed by atoms with Crippen LogP contribution in [0.15, 0.2) is 36.4 Å². The average molecular weight is 289 g/mol. The fraction of sp³-hybridized carbons (Fsp3) is 0.471. The van der Waals surface area contributed by atoms with Crippen molar-refractivity contribution >= 4 is 23.2 Å². The molecule has 1 aliphatic rings. The van der Waals surface area contributed by atoms with Crippen LogP contribution in [0.3, 0.4) is 0 Å². The molecule has 0 atom stereocenters. The number of carbonyl (C=O) groups is 1. The molecule has 0 N–H and O–H groups in total. The van der Waals surface area contributed by atoms with Crippen molar-refractivity contribution in [2.24, 2.45) is 0 Å². The molecule has 1 aromatic carbocycles. The van der Waals surface area contributed by atoms with Gasteiger partial charge in [-0.3, -0.25) is 4.79 Å². The van der Waals surface area contributed by atoms with Crippen molar-refractivity contribution in [1.82, 2.24) is 4.90 Å². The maximum absolute atomic E-state index is 12.2. The monoisotopic (exact) mass is 289 g/mol. The topological polar surface area (TPSA) is 20.3 Å². The molecule has 2 nitrogen and oxygen atoms in total. The Hall–Kier alpha value is -1.22. The number of carbonyl (C=O) groups excluding carboxylic acids is 1. The van der Waals surface area contributed by atoms with Gasteiger partial charge in [-0.25, -0.2) is 0 Å². The summed E-state index contributed by atoms with van der Waals surface area (Å²) in [5, 5.41) is 0. The predicted octanol–water partition coefficient (Wildman–Crippen LogP) is 3.83. The minimum atomic E-state index is 0.149. The van der Waals surface area contributed by atoms with Crippen LogP contribution in [-0.2, 0) is 4.79 Å². The van der Waals surface area contributed by atoms with Crippen molar-refractivity contribution in [1.29, 1.82) is 0 Å². The minimum absolute atomic E-state index is 0.149. The summed E-state index contributed by atoms with van der Waals surface area (Å²) in [6.45, 7) is 8.02. The molecule has 0 bridgehead atoms. The quantitative estimate of drug-likeness (QED) is 0.843. The van der Waals surface area contributed by atoms with Gasteiger partial charge in [-0.05, 0) is 17.6 Å². The van der Waals surface area contributed by atoms with Gasteiger partial charge < -0.3 is 4.90 Å². The van der Waals surface area contributed by atoms with Gasteiger partial charge in [-0.15, -0.1) is 11.8 Å². The van der Waals surface area contributed by atoms with E-state index in [1.165, 1.54) is 11.1 Å². The van der Waals surface area contributed by atoms with E-state index in [1.54, 1.807) is 11.8 Å². The predicted molar refractivity (Wildman–Crippen MR) is 87.8 cm³/mol. The molecule has 3 heteroatoms. The molecule has 1 aliphatic heterocycles. The molecule has 2 rings (SSSR count). The van der Waals surface area contributed by atoms with Gasteiger partial charge in [0.15, 0.2) is 0 Å². The van der Waals surface area contributed by atoms with E-state index in [4.69, 9.17) is 0 Å². The number of nitrogens with zero attached hydrogens (tertiary/aromatic N) is 1. The van der Waals surface area contributed by atoms with Crippen molar-refractivity contribution in [3.63, 3.8) is 0 Å². The third kappa shape index (κ3) is 4.41. The first-order valence-electron chi connectivity index (χ1n) is 7.12. The highest BCUT2D eigenvalue weighted by Gasteiger charge is 2.20. The molecule has 0 aromatic heterocycles. The highest BCUT2D eigenvalue weighted by Crippen LogP contribution is 2.25. The van der Waals surface area contributed by atoms with Gasteiger partial charge in [0.05, 0.1) is 5.75 Å². The number of amides is 1. The van der Waals surface area contributed by atoms with E-state index >= 15 is 0 Å². The number of thioether (sulfide) groups is 1. The first kappa shape index (κ1) is 15.2. The maximum atomic E-state index is 12.2. The van der Waals surface area contributed by atoms with Crippen LogP contribution >= 0.6 is 11.8 Å². The molecule has 20 heavy (non-hydrogen) atoms. The Morgan fingerprint density at radius 3 is 2.50 bits per heavy atom. The summed E-state index contributed by atoms with van der Waals surface area (Å²) in [4.78, 5) is 14.1. The molecule has 0 saturated heterocycles. The van der Waals surface area contributed by atoms with Gasteiger partial charge >= 0.3 is 0 Å². The molecule has 0 unspecified atom stereocenters. The van der Waals surface area contributed by atoms with Gasteiger partial charge in [0, 0.05) is 17.8 Å². The summed E-state index contributed by atoms with van der Waals surface area (Å²) in [5.74, 6) is 0.839. The lowest BCUT2D eigenvalue weighted by atomic mass is 10.00. The fourth-order valence-corrected chi connectivity index (χ4v) is 2.92. The SMILES string of the molecule is CC(C)(C)SCC(=O)N1CC=C(c2ccccc2)CC1. The normalized spacial score (nSPS) is 15.9. The third-order valence-electron chi connectivity index (χ3n) is 3.34. The zero-order chi connectivity index (χ0) is 14.6. The van der Waals surface area contributed by atoms with Gasteiger partial charge in [0.25, 0.3) is 0 Å². The van der Waals surface area contributed by atoms with Crippen molar-refractivity contribution in [3.05, 3.63) is 42.0 Å². The summed E-state index contributed by atoms with van der Waals surface area (Å²) in [6.07, 6.45) is 3.15. The molecule has 108 valence electrons. The molecule has 1 amide bonds. The van der Waals surface area contributed by atoms with Crippen LogP contribution in [0.4, 0.5) is 0 Å². The summed E-state index contributed by atoms with van der Waals surface area (Å²) in [6, 6.07) is 10.4. The number of hydrogen-bond acceptors (Lipinski definition) is 2. The number of benzene rings is 1. The lowest BCUT2D eigenvalue weighted by Crippen LogP contribution is -2.36.